The SMILES string of the molecule is Cc1cc(C#N)nn1S. The Bertz CT molecular complexity index is 238. The van der Waals surface area contributed by atoms with Crippen LogP contribution in [0, 0.1) is 18.3 Å². The Balaban J connectivity index is 3.16. The van der Waals surface area contributed by atoms with Gasteiger partial charge in [0.05, 0.1) is 0 Å². The highest BCUT2D eigenvalue weighted by Crippen LogP contribution is 2.01. The number of thiol groups is 1. The molecule has 9 heavy (non-hydrogen) atoms. The monoisotopic (exact) mass is 139 g/mol. The average Bonchev–Trinajstić information content (AvgIpc) is 2.13. The van der Waals surface area contributed by atoms with Crippen LogP contribution >= 0.6 is 12.8 Å². The zero-order chi connectivity index (χ0) is 6.85. The molecule has 1 aromatic rings. The van der Waals surface area contributed by atoms with Crippen molar-refractivity contribution >= 4 is 12.8 Å². The summed E-state index contributed by atoms with van der Waals surface area (Å²) >= 11 is 3.93. The lowest BCUT2D eigenvalue weighted by atomic mass is 10.4. The molecule has 3 nitrogen and oxygen atoms in total. The van der Waals surface area contributed by atoms with Crippen molar-refractivity contribution in [2.45, 2.75) is 6.92 Å². The van der Waals surface area contributed by atoms with Crippen LogP contribution in [-0.2, 0) is 0 Å². The van der Waals surface area contributed by atoms with E-state index < -0.39 is 0 Å². The van der Waals surface area contributed by atoms with Crippen molar-refractivity contribution in [2.24, 2.45) is 0 Å². The van der Waals surface area contributed by atoms with Crippen molar-refractivity contribution in [3.8, 4) is 6.07 Å². The predicted octanol–water partition coefficient (Wildman–Crippen LogP) is 0.756. The Morgan fingerprint density at radius 1 is 1.89 bits per heavy atom. The molecule has 0 N–H and O–H groups in total. The van der Waals surface area contributed by atoms with Gasteiger partial charge < -0.3 is 0 Å². The van der Waals surface area contributed by atoms with Crippen molar-refractivity contribution in [3.63, 3.8) is 0 Å². The first-order valence-electron chi connectivity index (χ1n) is 2.40. The van der Waals surface area contributed by atoms with E-state index in [0.717, 1.165) is 5.69 Å². The fraction of sp³-hybridized carbons (Fsp3) is 0.200. The highest BCUT2D eigenvalue weighted by Gasteiger charge is 1.97. The van der Waals surface area contributed by atoms with Gasteiger partial charge in [-0.1, -0.05) is 0 Å². The van der Waals surface area contributed by atoms with E-state index in [1.807, 2.05) is 13.0 Å². The van der Waals surface area contributed by atoms with Gasteiger partial charge in [0, 0.05) is 5.69 Å². The molecule has 0 aromatic carbocycles. The molecule has 0 aliphatic carbocycles. The first kappa shape index (κ1) is 6.17. The average molecular weight is 139 g/mol. The summed E-state index contributed by atoms with van der Waals surface area (Å²) in [5, 5.41) is 12.1. The van der Waals surface area contributed by atoms with Gasteiger partial charge in [-0.05, 0) is 25.8 Å². The van der Waals surface area contributed by atoms with E-state index in [1.54, 1.807) is 6.07 Å². The third kappa shape index (κ3) is 1.06. The molecule has 0 saturated heterocycles. The molecule has 1 heterocycles. The maximum atomic E-state index is 8.32. The molecule has 0 bridgehead atoms. The number of rotatable bonds is 0. The molecular formula is C5H5N3S. The molecule has 0 radical (unpaired) electrons. The molecule has 0 amide bonds. The smallest absolute Gasteiger partial charge is 0.163 e. The molecule has 1 rings (SSSR count). The van der Waals surface area contributed by atoms with E-state index in [-0.39, 0.29) is 0 Å². The molecule has 0 fully saturated rings. The molecule has 0 atom stereocenters. The van der Waals surface area contributed by atoms with Crippen molar-refractivity contribution in [3.05, 3.63) is 17.5 Å². The zero-order valence-corrected chi connectivity index (χ0v) is 5.76. The lowest BCUT2D eigenvalue weighted by molar-refractivity contribution is 0.969. The van der Waals surface area contributed by atoms with E-state index in [2.05, 4.69) is 17.9 Å². The van der Waals surface area contributed by atoms with E-state index in [1.165, 1.54) is 4.09 Å². The van der Waals surface area contributed by atoms with Gasteiger partial charge in [0.2, 0.25) is 0 Å². The second kappa shape index (κ2) is 2.11. The lowest BCUT2D eigenvalue weighted by Gasteiger charge is -1.85. The molecule has 0 saturated carbocycles. The van der Waals surface area contributed by atoms with Gasteiger partial charge >= 0.3 is 0 Å². The van der Waals surface area contributed by atoms with Gasteiger partial charge in [0.1, 0.15) is 6.07 Å². The van der Waals surface area contributed by atoms with Crippen LogP contribution in [0.3, 0.4) is 0 Å². The van der Waals surface area contributed by atoms with E-state index in [9.17, 15) is 0 Å². The largest absolute Gasteiger partial charge is 0.213 e. The lowest BCUT2D eigenvalue weighted by Crippen LogP contribution is -1.84. The van der Waals surface area contributed by atoms with Gasteiger partial charge in [0.25, 0.3) is 0 Å². The summed E-state index contributed by atoms with van der Waals surface area (Å²) in [4.78, 5) is 0. The van der Waals surface area contributed by atoms with Crippen LogP contribution < -0.4 is 0 Å². The van der Waals surface area contributed by atoms with Crippen LogP contribution in [0.4, 0.5) is 0 Å². The zero-order valence-electron chi connectivity index (χ0n) is 4.87. The maximum Gasteiger partial charge on any atom is 0.163 e. The summed E-state index contributed by atoms with van der Waals surface area (Å²) in [6, 6.07) is 3.58. The number of aromatic nitrogens is 2. The van der Waals surface area contributed by atoms with Crippen molar-refractivity contribution < 1.29 is 0 Å². The number of nitriles is 1. The summed E-state index contributed by atoms with van der Waals surface area (Å²) < 4.78 is 1.37. The minimum Gasteiger partial charge on any atom is -0.213 e. The molecular weight excluding hydrogens is 134 g/mol. The molecule has 1 aromatic heterocycles. The molecule has 0 aliphatic rings. The summed E-state index contributed by atoms with van der Waals surface area (Å²) in [5.74, 6) is 0. The van der Waals surface area contributed by atoms with Crippen LogP contribution in [0.5, 0.6) is 0 Å². The molecule has 0 aliphatic heterocycles. The third-order valence-corrected chi connectivity index (χ3v) is 1.38. The summed E-state index contributed by atoms with van der Waals surface area (Å²) in [6.45, 7) is 1.83. The molecule has 0 spiro atoms. The molecule has 4 heteroatoms. The first-order chi connectivity index (χ1) is 4.24. The predicted molar refractivity (Wildman–Crippen MR) is 36.1 cm³/mol. The fourth-order valence-electron chi connectivity index (χ4n) is 0.520. The Kier molecular flexibility index (Phi) is 1.45. The summed E-state index contributed by atoms with van der Waals surface area (Å²) in [5.41, 5.74) is 1.28. The first-order valence-corrected chi connectivity index (χ1v) is 2.80. The molecule has 46 valence electrons. The Labute approximate surface area is 58.5 Å². The van der Waals surface area contributed by atoms with Gasteiger partial charge in [-0.15, -0.1) is 0 Å². The quantitative estimate of drug-likeness (QED) is 0.539. The Morgan fingerprint density at radius 2 is 2.56 bits per heavy atom. The van der Waals surface area contributed by atoms with Crippen molar-refractivity contribution in [2.75, 3.05) is 0 Å². The van der Waals surface area contributed by atoms with Crippen LogP contribution in [-0.4, -0.2) is 9.19 Å². The summed E-state index contributed by atoms with van der Waals surface area (Å²) in [7, 11) is 0. The van der Waals surface area contributed by atoms with Gasteiger partial charge in [-0.2, -0.15) is 10.4 Å². The number of hydrogen-bond donors (Lipinski definition) is 1. The van der Waals surface area contributed by atoms with Crippen LogP contribution in [0.25, 0.3) is 0 Å². The van der Waals surface area contributed by atoms with Gasteiger partial charge in [0.15, 0.2) is 5.69 Å². The Morgan fingerprint density at radius 3 is 2.78 bits per heavy atom. The third-order valence-electron chi connectivity index (χ3n) is 0.978. The van der Waals surface area contributed by atoms with Crippen LogP contribution in [0.15, 0.2) is 6.07 Å². The normalized spacial score (nSPS) is 9.00. The van der Waals surface area contributed by atoms with Crippen molar-refractivity contribution in [1.29, 1.82) is 5.26 Å². The maximum absolute atomic E-state index is 8.32. The van der Waals surface area contributed by atoms with Gasteiger partial charge in [-0.25, -0.2) is 4.09 Å². The second-order valence-electron chi connectivity index (χ2n) is 1.67. The fourth-order valence-corrected chi connectivity index (χ4v) is 0.674. The number of nitrogens with zero attached hydrogens (tertiary/aromatic N) is 3. The van der Waals surface area contributed by atoms with E-state index in [0.29, 0.717) is 5.69 Å². The number of aryl methyl sites for hydroxylation is 1. The highest BCUT2D eigenvalue weighted by atomic mass is 32.1. The molecule has 0 unspecified atom stereocenters. The van der Waals surface area contributed by atoms with Crippen LogP contribution in [0.1, 0.15) is 11.4 Å². The van der Waals surface area contributed by atoms with E-state index >= 15 is 0 Å². The standard InChI is InChI=1S/C5H5N3S/c1-4-2-5(3-6)7-8(4)9/h2,9H,1H3. The number of hydrogen-bond acceptors (Lipinski definition) is 3. The topological polar surface area (TPSA) is 41.6 Å². The van der Waals surface area contributed by atoms with Crippen molar-refractivity contribution in [1.82, 2.24) is 9.19 Å². The minimum atomic E-state index is 0.405. The minimum absolute atomic E-state index is 0.405. The van der Waals surface area contributed by atoms with E-state index in [4.69, 9.17) is 5.26 Å². The van der Waals surface area contributed by atoms with Gasteiger partial charge in [-0.3, -0.25) is 0 Å². The van der Waals surface area contributed by atoms with Crippen LogP contribution in [0.2, 0.25) is 0 Å². The Hall–Kier alpha value is -0.950. The highest BCUT2D eigenvalue weighted by molar-refractivity contribution is 7.78. The second-order valence-corrected chi connectivity index (χ2v) is 2.05. The summed E-state index contributed by atoms with van der Waals surface area (Å²) in [6.07, 6.45) is 0.